The number of hydrogen-bond donors (Lipinski definition) is 1. The van der Waals surface area contributed by atoms with Gasteiger partial charge in [-0.1, -0.05) is 36.9 Å². The van der Waals surface area contributed by atoms with Gasteiger partial charge in [-0.3, -0.25) is 4.39 Å². The smallest absolute Gasteiger partial charge is 0.102 e. The van der Waals surface area contributed by atoms with Crippen LogP contribution in [0.4, 0.5) is 15.8 Å². The normalized spacial score (nSPS) is 14.0. The predicted molar refractivity (Wildman–Crippen MR) is 115 cm³/mol. The van der Waals surface area contributed by atoms with Crippen LogP contribution in [-0.2, 0) is 0 Å². The number of rotatable bonds is 6. The van der Waals surface area contributed by atoms with Gasteiger partial charge in [-0.2, -0.15) is 5.26 Å². The molecule has 1 heterocycles. The van der Waals surface area contributed by atoms with Crippen LogP contribution in [0.15, 0.2) is 78.0 Å². The molecule has 3 rings (SSSR count). The van der Waals surface area contributed by atoms with E-state index in [-0.39, 0.29) is 6.67 Å². The van der Waals surface area contributed by atoms with Gasteiger partial charge < -0.3 is 10.2 Å². The number of aryl methyl sites for hydroxylation is 1. The van der Waals surface area contributed by atoms with E-state index in [1.807, 2.05) is 60.4 Å². The summed E-state index contributed by atoms with van der Waals surface area (Å²) in [6.45, 7) is 8.49. The summed E-state index contributed by atoms with van der Waals surface area (Å²) in [7, 11) is 0. The Hall–Kier alpha value is -3.32. The third kappa shape index (κ3) is 3.84. The van der Waals surface area contributed by atoms with Crippen LogP contribution in [0, 0.1) is 18.3 Å². The van der Waals surface area contributed by atoms with Crippen molar-refractivity contribution < 1.29 is 4.39 Å². The van der Waals surface area contributed by atoms with E-state index in [0.717, 1.165) is 33.8 Å². The van der Waals surface area contributed by atoms with Crippen LogP contribution < -0.4 is 10.2 Å². The fraction of sp³-hybridized carbons (Fsp3) is 0.208. The maximum Gasteiger partial charge on any atom is 0.102 e. The minimum absolute atomic E-state index is 0.321. The molecule has 3 nitrogen and oxygen atoms in total. The van der Waals surface area contributed by atoms with Crippen molar-refractivity contribution in [1.82, 2.24) is 0 Å². The molecule has 0 saturated carbocycles. The molecule has 0 amide bonds. The van der Waals surface area contributed by atoms with Crippen molar-refractivity contribution in [2.24, 2.45) is 0 Å². The molecule has 1 N–H and O–H groups in total. The zero-order valence-corrected chi connectivity index (χ0v) is 16.3. The zero-order valence-electron chi connectivity index (χ0n) is 16.3. The monoisotopic (exact) mass is 373 g/mol. The Balaban J connectivity index is 2.02. The van der Waals surface area contributed by atoms with Gasteiger partial charge in [-0.15, -0.1) is 0 Å². The first-order valence-electron chi connectivity index (χ1n) is 9.34. The van der Waals surface area contributed by atoms with E-state index < -0.39 is 0 Å². The molecule has 2 aromatic rings. The summed E-state index contributed by atoms with van der Waals surface area (Å²) in [5, 5.41) is 12.8. The number of benzene rings is 2. The van der Waals surface area contributed by atoms with Crippen molar-refractivity contribution in [1.29, 1.82) is 5.26 Å². The minimum atomic E-state index is -0.321. The number of nitrogens with zero attached hydrogens (tertiary/aromatic N) is 2. The molecule has 1 aliphatic rings. The van der Waals surface area contributed by atoms with Gasteiger partial charge in [-0.05, 0) is 61.2 Å². The summed E-state index contributed by atoms with van der Waals surface area (Å²) < 4.78 is 12.3. The Morgan fingerprint density at radius 1 is 1.11 bits per heavy atom. The number of alkyl halides is 1. The highest BCUT2D eigenvalue weighted by Crippen LogP contribution is 2.39. The van der Waals surface area contributed by atoms with Crippen molar-refractivity contribution in [3.8, 4) is 6.07 Å². The highest BCUT2D eigenvalue weighted by atomic mass is 19.1. The van der Waals surface area contributed by atoms with Gasteiger partial charge in [0.15, 0.2) is 0 Å². The van der Waals surface area contributed by atoms with Gasteiger partial charge in [0, 0.05) is 17.9 Å². The first kappa shape index (κ1) is 19.4. The lowest BCUT2D eigenvalue weighted by Gasteiger charge is -2.34. The molecule has 2 aromatic carbocycles. The summed E-state index contributed by atoms with van der Waals surface area (Å²) in [6.07, 6.45) is 2.53. The molecule has 28 heavy (non-hydrogen) atoms. The molecule has 0 fully saturated rings. The average molecular weight is 373 g/mol. The maximum absolute atomic E-state index is 12.3. The fourth-order valence-electron chi connectivity index (χ4n) is 3.34. The molecule has 4 heteroatoms. The number of para-hydroxylation sites is 1. The zero-order chi connectivity index (χ0) is 20.1. The number of nitriles is 1. The Morgan fingerprint density at radius 2 is 1.82 bits per heavy atom. The van der Waals surface area contributed by atoms with Crippen LogP contribution in [0.25, 0.3) is 5.70 Å². The van der Waals surface area contributed by atoms with Crippen LogP contribution >= 0.6 is 0 Å². The van der Waals surface area contributed by atoms with Crippen molar-refractivity contribution in [3.05, 3.63) is 89.2 Å². The van der Waals surface area contributed by atoms with E-state index in [1.165, 1.54) is 0 Å². The predicted octanol–water partition coefficient (Wildman–Crippen LogP) is 5.98. The second-order valence-corrected chi connectivity index (χ2v) is 6.81. The summed E-state index contributed by atoms with van der Waals surface area (Å²) >= 11 is 0. The highest BCUT2D eigenvalue weighted by Gasteiger charge is 2.26. The third-order valence-electron chi connectivity index (χ3n) is 4.84. The second kappa shape index (κ2) is 8.58. The molecule has 142 valence electrons. The molecule has 0 atom stereocenters. The van der Waals surface area contributed by atoms with Crippen molar-refractivity contribution in [2.45, 2.75) is 20.3 Å². The molecule has 0 spiro atoms. The quantitative estimate of drug-likeness (QED) is 0.633. The third-order valence-corrected chi connectivity index (χ3v) is 4.84. The number of allylic oxidation sites excluding steroid dienone is 3. The van der Waals surface area contributed by atoms with Crippen LogP contribution in [0.5, 0.6) is 0 Å². The van der Waals surface area contributed by atoms with E-state index in [9.17, 15) is 9.65 Å². The molecule has 0 bridgehead atoms. The number of halogens is 1. The van der Waals surface area contributed by atoms with Crippen LogP contribution in [0.1, 0.15) is 24.5 Å². The Kier molecular flexibility index (Phi) is 5.96. The standard InChI is InChI=1S/C24H24FN3/c1-17-7-4-5-8-23(17)28-19(3)22(16-26)18(2)15-24(28)20-9-11-21(12-10-20)27-14-6-13-25/h4-5,7-12,15,27H,3,6,13-14H2,1-2H3. The first-order chi connectivity index (χ1) is 13.6. The molecule has 0 aromatic heterocycles. The van der Waals surface area contributed by atoms with Crippen LogP contribution in [0.2, 0.25) is 0 Å². The van der Waals surface area contributed by atoms with E-state index >= 15 is 0 Å². The number of nitrogens with one attached hydrogen (secondary N) is 1. The van der Waals surface area contributed by atoms with E-state index in [2.05, 4.69) is 31.0 Å². The van der Waals surface area contributed by atoms with Gasteiger partial charge in [0.05, 0.1) is 23.6 Å². The van der Waals surface area contributed by atoms with Crippen LogP contribution in [0.3, 0.4) is 0 Å². The molecule has 0 radical (unpaired) electrons. The molecular weight excluding hydrogens is 349 g/mol. The molecule has 0 aliphatic carbocycles. The van der Waals surface area contributed by atoms with E-state index in [0.29, 0.717) is 24.2 Å². The summed E-state index contributed by atoms with van der Waals surface area (Å²) in [5.74, 6) is 0. The topological polar surface area (TPSA) is 39.1 Å². The summed E-state index contributed by atoms with van der Waals surface area (Å²) in [4.78, 5) is 2.05. The van der Waals surface area contributed by atoms with Gasteiger partial charge in [0.2, 0.25) is 0 Å². The average Bonchev–Trinajstić information content (AvgIpc) is 2.70. The SMILES string of the molecule is C=C1C(C#N)=C(C)C=C(c2ccc(NCCCF)cc2)N1c1ccccc1C. The second-order valence-electron chi connectivity index (χ2n) is 6.81. The van der Waals surface area contributed by atoms with Gasteiger partial charge in [0.1, 0.15) is 6.07 Å². The van der Waals surface area contributed by atoms with Gasteiger partial charge in [-0.25, -0.2) is 0 Å². The maximum atomic E-state index is 12.3. The largest absolute Gasteiger partial charge is 0.385 e. The number of hydrogen-bond acceptors (Lipinski definition) is 3. The Labute approximate surface area is 166 Å². The highest BCUT2D eigenvalue weighted by molar-refractivity contribution is 5.90. The molecule has 0 saturated heterocycles. The summed E-state index contributed by atoms with van der Waals surface area (Å²) in [5.41, 5.74) is 7.24. The molecule has 0 unspecified atom stereocenters. The molecule has 1 aliphatic heterocycles. The van der Waals surface area contributed by atoms with Crippen LogP contribution in [-0.4, -0.2) is 13.2 Å². The first-order valence-corrected chi connectivity index (χ1v) is 9.34. The Bertz CT molecular complexity index is 978. The Morgan fingerprint density at radius 3 is 2.46 bits per heavy atom. The minimum Gasteiger partial charge on any atom is -0.385 e. The lowest BCUT2D eigenvalue weighted by Crippen LogP contribution is -2.25. The van der Waals surface area contributed by atoms with E-state index in [1.54, 1.807) is 0 Å². The van der Waals surface area contributed by atoms with E-state index in [4.69, 9.17) is 0 Å². The fourth-order valence-corrected chi connectivity index (χ4v) is 3.34. The summed E-state index contributed by atoms with van der Waals surface area (Å²) in [6, 6.07) is 18.4. The lowest BCUT2D eigenvalue weighted by molar-refractivity contribution is 0.481. The van der Waals surface area contributed by atoms with Gasteiger partial charge >= 0.3 is 0 Å². The van der Waals surface area contributed by atoms with Crippen molar-refractivity contribution >= 4 is 17.1 Å². The lowest BCUT2D eigenvalue weighted by atomic mass is 9.96. The van der Waals surface area contributed by atoms with Crippen molar-refractivity contribution in [3.63, 3.8) is 0 Å². The van der Waals surface area contributed by atoms with Gasteiger partial charge in [0.25, 0.3) is 0 Å². The van der Waals surface area contributed by atoms with Crippen molar-refractivity contribution in [2.75, 3.05) is 23.4 Å². The molecular formula is C24H24FN3. The number of anilines is 2.